The molecule has 1 atom stereocenters. The summed E-state index contributed by atoms with van der Waals surface area (Å²) in [6.07, 6.45) is 4.81. The molecule has 5 rings (SSSR count). The second kappa shape index (κ2) is 8.12. The summed E-state index contributed by atoms with van der Waals surface area (Å²) < 4.78 is 19.3. The Bertz CT molecular complexity index is 1090. The Hall–Kier alpha value is -2.66. The zero-order chi connectivity index (χ0) is 21.5. The summed E-state index contributed by atoms with van der Waals surface area (Å²) in [5.74, 6) is 2.10. The highest BCUT2D eigenvalue weighted by Gasteiger charge is 2.33. The first-order chi connectivity index (χ1) is 15.1. The van der Waals surface area contributed by atoms with Crippen molar-refractivity contribution in [3.8, 4) is 17.2 Å². The van der Waals surface area contributed by atoms with Crippen molar-refractivity contribution in [2.45, 2.75) is 51.7 Å². The number of aryl methyl sites for hydroxylation is 3. The number of benzene rings is 2. The molecule has 0 bridgehead atoms. The normalized spacial score (nSPS) is 18.5. The van der Waals surface area contributed by atoms with Crippen LogP contribution in [0, 0.1) is 6.92 Å². The van der Waals surface area contributed by atoms with Crippen LogP contribution >= 0.6 is 0 Å². The molecule has 0 saturated carbocycles. The minimum absolute atomic E-state index is 0.457. The summed E-state index contributed by atoms with van der Waals surface area (Å²) in [4.78, 5) is 2.66. The van der Waals surface area contributed by atoms with E-state index in [1.165, 1.54) is 41.3 Å². The van der Waals surface area contributed by atoms with Gasteiger partial charge in [-0.1, -0.05) is 11.6 Å². The fraction of sp³-hybridized carbons (Fsp3) is 0.462. The Morgan fingerprint density at radius 3 is 2.42 bits per heavy atom. The second-order valence-corrected chi connectivity index (χ2v) is 8.80. The zero-order valence-electron chi connectivity index (χ0n) is 19.0. The lowest BCUT2D eigenvalue weighted by Gasteiger charge is -2.34. The highest BCUT2D eigenvalue weighted by Crippen LogP contribution is 2.44. The lowest BCUT2D eigenvalue weighted by Crippen LogP contribution is -2.31. The van der Waals surface area contributed by atoms with Gasteiger partial charge >= 0.3 is 0 Å². The number of fused-ring (bicyclic) bond motifs is 3. The topological polar surface area (TPSA) is 35.9 Å². The molecule has 1 aliphatic heterocycles. The predicted octanol–water partition coefficient (Wildman–Crippen LogP) is 5.26. The lowest BCUT2D eigenvalue weighted by molar-refractivity contribution is 0.173. The first-order valence-corrected chi connectivity index (χ1v) is 11.3. The molecule has 0 amide bonds. The van der Waals surface area contributed by atoms with Crippen molar-refractivity contribution in [1.29, 1.82) is 0 Å². The maximum Gasteiger partial charge on any atom is 0.203 e. The molecule has 0 radical (unpaired) electrons. The molecule has 2 heterocycles. The third-order valence-corrected chi connectivity index (χ3v) is 6.97. The van der Waals surface area contributed by atoms with Gasteiger partial charge in [-0.05, 0) is 68.0 Å². The van der Waals surface area contributed by atoms with E-state index in [1.807, 2.05) is 0 Å². The molecule has 2 aromatic carbocycles. The van der Waals surface area contributed by atoms with Gasteiger partial charge in [0.2, 0.25) is 5.75 Å². The van der Waals surface area contributed by atoms with Crippen molar-refractivity contribution in [1.82, 2.24) is 9.47 Å². The van der Waals surface area contributed by atoms with Crippen LogP contribution in [0.5, 0.6) is 17.2 Å². The van der Waals surface area contributed by atoms with E-state index in [0.29, 0.717) is 11.8 Å². The van der Waals surface area contributed by atoms with Crippen LogP contribution in [0.25, 0.3) is 10.9 Å². The molecule has 0 unspecified atom stereocenters. The maximum atomic E-state index is 5.60. The summed E-state index contributed by atoms with van der Waals surface area (Å²) in [5.41, 5.74) is 7.09. The highest BCUT2D eigenvalue weighted by atomic mass is 16.5. The van der Waals surface area contributed by atoms with Crippen molar-refractivity contribution in [3.05, 3.63) is 52.7 Å². The average Bonchev–Trinajstić information content (AvgIpc) is 2.98. The zero-order valence-corrected chi connectivity index (χ0v) is 19.0. The van der Waals surface area contributed by atoms with E-state index in [9.17, 15) is 0 Å². The molecule has 31 heavy (non-hydrogen) atoms. The molecular weight excluding hydrogens is 388 g/mol. The molecule has 0 fully saturated rings. The molecule has 3 aromatic rings. The molecule has 0 saturated heterocycles. The monoisotopic (exact) mass is 420 g/mol. The molecule has 5 nitrogen and oxygen atoms in total. The van der Waals surface area contributed by atoms with Gasteiger partial charge < -0.3 is 18.8 Å². The summed E-state index contributed by atoms with van der Waals surface area (Å²) in [7, 11) is 5.01. The molecule has 1 aromatic heterocycles. The van der Waals surface area contributed by atoms with Gasteiger partial charge in [-0.3, -0.25) is 4.90 Å². The van der Waals surface area contributed by atoms with Crippen LogP contribution in [0.1, 0.15) is 47.7 Å². The van der Waals surface area contributed by atoms with Crippen LogP contribution in [-0.4, -0.2) is 37.3 Å². The summed E-state index contributed by atoms with van der Waals surface area (Å²) in [5, 5.41) is 1.47. The molecule has 1 aliphatic carbocycles. The Balaban J connectivity index is 1.55. The standard InChI is InChI=1S/C26H32N2O3/c1-17-9-10-21-20(13-17)19-7-5-8-22-25(19)28(21)12-6-11-27(22)16-18-14-23(29-2)26(31-4)24(15-18)30-3/h9-10,13-15,22H,5-8,11-12,16H2,1-4H3/t22-/m1/s1. The number of hydrogen-bond donors (Lipinski definition) is 0. The number of nitrogens with zero attached hydrogens (tertiary/aromatic N) is 2. The van der Waals surface area contributed by atoms with Crippen LogP contribution in [0.15, 0.2) is 30.3 Å². The molecule has 164 valence electrons. The quantitative estimate of drug-likeness (QED) is 0.564. The van der Waals surface area contributed by atoms with E-state index in [1.54, 1.807) is 32.6 Å². The van der Waals surface area contributed by atoms with E-state index in [4.69, 9.17) is 14.2 Å². The van der Waals surface area contributed by atoms with Gasteiger partial charge in [0.15, 0.2) is 11.5 Å². The molecule has 0 spiro atoms. The maximum absolute atomic E-state index is 5.60. The van der Waals surface area contributed by atoms with Gasteiger partial charge in [0.05, 0.1) is 27.4 Å². The predicted molar refractivity (Wildman–Crippen MR) is 123 cm³/mol. The number of methoxy groups -OCH3 is 3. The first-order valence-electron chi connectivity index (χ1n) is 11.3. The van der Waals surface area contributed by atoms with E-state index >= 15 is 0 Å². The van der Waals surface area contributed by atoms with E-state index in [0.717, 1.165) is 37.6 Å². The number of hydrogen-bond acceptors (Lipinski definition) is 4. The van der Waals surface area contributed by atoms with Crippen LogP contribution in [0.3, 0.4) is 0 Å². The van der Waals surface area contributed by atoms with Crippen LogP contribution in [-0.2, 0) is 19.5 Å². The van der Waals surface area contributed by atoms with Crippen LogP contribution in [0.2, 0.25) is 0 Å². The molecule has 2 aliphatic rings. The van der Waals surface area contributed by atoms with Gasteiger partial charge in [-0.15, -0.1) is 0 Å². The van der Waals surface area contributed by atoms with Gasteiger partial charge in [-0.25, -0.2) is 0 Å². The van der Waals surface area contributed by atoms with Crippen LogP contribution in [0.4, 0.5) is 0 Å². The van der Waals surface area contributed by atoms with Gasteiger partial charge in [0.25, 0.3) is 0 Å². The van der Waals surface area contributed by atoms with Crippen molar-refractivity contribution in [3.63, 3.8) is 0 Å². The fourth-order valence-electron chi connectivity index (χ4n) is 5.64. The lowest BCUT2D eigenvalue weighted by atomic mass is 9.90. The SMILES string of the molecule is COc1cc(CN2CCCn3c4c(c5cc(C)ccc53)CCC[C@H]42)cc(OC)c1OC. The Morgan fingerprint density at radius 2 is 1.71 bits per heavy atom. The summed E-state index contributed by atoms with van der Waals surface area (Å²) >= 11 is 0. The smallest absolute Gasteiger partial charge is 0.203 e. The Kier molecular flexibility index (Phi) is 5.30. The van der Waals surface area contributed by atoms with E-state index in [-0.39, 0.29) is 0 Å². The number of aromatic nitrogens is 1. The van der Waals surface area contributed by atoms with Crippen molar-refractivity contribution < 1.29 is 14.2 Å². The van der Waals surface area contributed by atoms with Crippen molar-refractivity contribution >= 4 is 10.9 Å². The van der Waals surface area contributed by atoms with E-state index < -0.39 is 0 Å². The first kappa shape index (κ1) is 20.3. The average molecular weight is 421 g/mol. The largest absolute Gasteiger partial charge is 0.493 e. The van der Waals surface area contributed by atoms with E-state index in [2.05, 4.69) is 46.7 Å². The second-order valence-electron chi connectivity index (χ2n) is 8.80. The summed E-state index contributed by atoms with van der Waals surface area (Å²) in [6, 6.07) is 11.6. The number of ether oxygens (including phenoxy) is 3. The highest BCUT2D eigenvalue weighted by molar-refractivity contribution is 5.87. The minimum Gasteiger partial charge on any atom is -0.493 e. The number of rotatable bonds is 5. The minimum atomic E-state index is 0.457. The Morgan fingerprint density at radius 1 is 0.935 bits per heavy atom. The van der Waals surface area contributed by atoms with Crippen LogP contribution < -0.4 is 14.2 Å². The third kappa shape index (κ3) is 3.35. The molecule has 0 N–H and O–H groups in total. The fourth-order valence-corrected chi connectivity index (χ4v) is 5.64. The Labute approximate surface area is 184 Å². The molecule has 5 heteroatoms. The summed E-state index contributed by atoms with van der Waals surface area (Å²) in [6.45, 7) is 5.26. The van der Waals surface area contributed by atoms with Crippen molar-refractivity contribution in [2.75, 3.05) is 27.9 Å². The van der Waals surface area contributed by atoms with Gasteiger partial charge in [0.1, 0.15) is 0 Å². The molecular formula is C26H32N2O3. The van der Waals surface area contributed by atoms with Gasteiger partial charge in [-0.2, -0.15) is 0 Å². The van der Waals surface area contributed by atoms with Gasteiger partial charge in [0, 0.05) is 36.2 Å². The third-order valence-electron chi connectivity index (χ3n) is 6.97. The van der Waals surface area contributed by atoms with Crippen molar-refractivity contribution in [2.24, 2.45) is 0 Å².